The van der Waals surface area contributed by atoms with Gasteiger partial charge in [-0.05, 0) is 58.0 Å². The van der Waals surface area contributed by atoms with Gasteiger partial charge >= 0.3 is 6.09 Å². The fraction of sp³-hybridized carbons (Fsp3) is 0.273. The molecule has 0 aliphatic carbocycles. The molecule has 2 aromatic carbocycles. The van der Waals surface area contributed by atoms with Gasteiger partial charge in [-0.25, -0.2) is 19.2 Å². The number of para-hydroxylation sites is 1. The molecule has 9 nitrogen and oxygen atoms in total. The van der Waals surface area contributed by atoms with E-state index in [0.29, 0.717) is 5.69 Å². The number of hydrazine groups is 1. The summed E-state index contributed by atoms with van der Waals surface area (Å²) in [7, 11) is 0. The number of halogens is 1. The molecule has 0 saturated carbocycles. The van der Waals surface area contributed by atoms with Crippen molar-refractivity contribution in [1.82, 2.24) is 5.43 Å². The van der Waals surface area contributed by atoms with Gasteiger partial charge in [0.15, 0.2) is 0 Å². The van der Waals surface area contributed by atoms with Crippen LogP contribution in [-0.2, 0) is 14.3 Å². The first kappa shape index (κ1) is 22.7. The summed E-state index contributed by atoms with van der Waals surface area (Å²) in [4.78, 5) is 41.6. The minimum absolute atomic E-state index is 0.00109. The van der Waals surface area contributed by atoms with E-state index >= 15 is 0 Å². The Morgan fingerprint density at radius 1 is 1.09 bits per heavy atom. The number of rotatable bonds is 4. The van der Waals surface area contributed by atoms with Crippen LogP contribution < -0.4 is 21.1 Å². The highest BCUT2D eigenvalue weighted by Gasteiger charge is 2.31. The zero-order valence-corrected chi connectivity index (χ0v) is 18.1. The third-order valence-electron chi connectivity index (χ3n) is 4.21. The van der Waals surface area contributed by atoms with Crippen LogP contribution in [0.1, 0.15) is 27.7 Å². The highest BCUT2D eigenvalue weighted by molar-refractivity contribution is 6.43. The Morgan fingerprint density at radius 3 is 2.44 bits per heavy atom. The van der Waals surface area contributed by atoms with E-state index in [4.69, 9.17) is 4.74 Å². The normalized spacial score (nSPS) is 16.0. The number of amidine groups is 1. The monoisotopic (exact) mass is 441 g/mol. The summed E-state index contributed by atoms with van der Waals surface area (Å²) >= 11 is 0. The van der Waals surface area contributed by atoms with Crippen molar-refractivity contribution in [1.29, 1.82) is 0 Å². The molecule has 1 unspecified atom stereocenters. The van der Waals surface area contributed by atoms with E-state index in [1.165, 1.54) is 11.1 Å². The first-order valence-electron chi connectivity index (χ1n) is 9.88. The van der Waals surface area contributed by atoms with Gasteiger partial charge in [0.1, 0.15) is 17.5 Å². The molecule has 10 heteroatoms. The van der Waals surface area contributed by atoms with Crippen LogP contribution in [0.3, 0.4) is 0 Å². The summed E-state index contributed by atoms with van der Waals surface area (Å²) in [6.45, 7) is 6.67. The first-order valence-corrected chi connectivity index (χ1v) is 9.88. The van der Waals surface area contributed by atoms with Crippen molar-refractivity contribution in [2.75, 3.05) is 15.6 Å². The van der Waals surface area contributed by atoms with Gasteiger partial charge in [0.25, 0.3) is 11.8 Å². The molecular formula is C22H24FN5O4. The quantitative estimate of drug-likeness (QED) is 0.673. The zero-order valence-electron chi connectivity index (χ0n) is 18.1. The topological polar surface area (TPSA) is 112 Å². The molecule has 1 atom stereocenters. The van der Waals surface area contributed by atoms with Gasteiger partial charge < -0.3 is 10.1 Å². The Morgan fingerprint density at radius 2 is 1.78 bits per heavy atom. The molecule has 2 aromatic rings. The fourth-order valence-corrected chi connectivity index (χ4v) is 2.83. The molecular weight excluding hydrogens is 417 g/mol. The maximum atomic E-state index is 13.9. The van der Waals surface area contributed by atoms with Crippen molar-refractivity contribution in [2.24, 2.45) is 4.99 Å². The second-order valence-electron chi connectivity index (χ2n) is 8.05. The van der Waals surface area contributed by atoms with E-state index < -0.39 is 29.5 Å². The molecule has 168 valence electrons. The molecule has 3 rings (SSSR count). The van der Waals surface area contributed by atoms with Gasteiger partial charge in [0.05, 0.1) is 17.1 Å². The summed E-state index contributed by atoms with van der Waals surface area (Å²) in [5, 5.41) is 6.22. The van der Waals surface area contributed by atoms with E-state index in [-0.39, 0.29) is 23.1 Å². The van der Waals surface area contributed by atoms with Gasteiger partial charge in [0.2, 0.25) is 5.84 Å². The van der Waals surface area contributed by atoms with Crippen molar-refractivity contribution in [2.45, 2.75) is 39.3 Å². The zero-order chi connectivity index (χ0) is 23.5. The van der Waals surface area contributed by atoms with E-state index in [0.717, 1.165) is 12.1 Å². The van der Waals surface area contributed by atoms with Crippen LogP contribution in [0.4, 0.5) is 26.2 Å². The lowest BCUT2D eigenvalue weighted by Gasteiger charge is -2.30. The summed E-state index contributed by atoms with van der Waals surface area (Å²) < 4.78 is 19.1. The van der Waals surface area contributed by atoms with Crippen molar-refractivity contribution in [3.8, 4) is 0 Å². The van der Waals surface area contributed by atoms with E-state index in [1.54, 1.807) is 58.0 Å². The molecule has 0 fully saturated rings. The molecule has 1 aliphatic heterocycles. The third-order valence-corrected chi connectivity index (χ3v) is 4.21. The van der Waals surface area contributed by atoms with Gasteiger partial charge in [-0.3, -0.25) is 20.3 Å². The number of anilines is 3. The first-order chi connectivity index (χ1) is 15.0. The van der Waals surface area contributed by atoms with Crippen LogP contribution in [0.25, 0.3) is 0 Å². The lowest BCUT2D eigenvalue weighted by atomic mass is 10.2. The van der Waals surface area contributed by atoms with Crippen molar-refractivity contribution in [3.63, 3.8) is 0 Å². The Kier molecular flexibility index (Phi) is 6.42. The van der Waals surface area contributed by atoms with Gasteiger partial charge in [-0.1, -0.05) is 18.2 Å². The number of benzene rings is 2. The summed E-state index contributed by atoms with van der Waals surface area (Å²) in [5.41, 5.74) is 2.62. The summed E-state index contributed by atoms with van der Waals surface area (Å²) in [6.07, 6.45) is -0.762. The average molecular weight is 441 g/mol. The van der Waals surface area contributed by atoms with Gasteiger partial charge in [-0.15, -0.1) is 0 Å². The third kappa shape index (κ3) is 5.60. The van der Waals surface area contributed by atoms with Gasteiger partial charge in [0, 0.05) is 0 Å². The second kappa shape index (κ2) is 9.04. The van der Waals surface area contributed by atoms with Crippen molar-refractivity contribution < 1.29 is 23.5 Å². The van der Waals surface area contributed by atoms with Crippen LogP contribution in [-0.4, -0.2) is 35.4 Å². The van der Waals surface area contributed by atoms with Crippen LogP contribution in [0.2, 0.25) is 0 Å². The van der Waals surface area contributed by atoms with E-state index in [9.17, 15) is 18.8 Å². The second-order valence-corrected chi connectivity index (χ2v) is 8.05. The molecule has 1 heterocycles. The van der Waals surface area contributed by atoms with E-state index in [2.05, 4.69) is 21.1 Å². The number of hydrogen-bond acceptors (Lipinski definition) is 6. The van der Waals surface area contributed by atoms with Crippen molar-refractivity contribution in [3.05, 3.63) is 54.3 Å². The Bertz CT molecular complexity index is 1070. The Balaban J connectivity index is 1.80. The maximum absolute atomic E-state index is 13.9. The smallest absolute Gasteiger partial charge is 0.412 e. The lowest BCUT2D eigenvalue weighted by molar-refractivity contribution is -0.120. The molecule has 1 aliphatic rings. The molecule has 32 heavy (non-hydrogen) atoms. The maximum Gasteiger partial charge on any atom is 0.412 e. The lowest BCUT2D eigenvalue weighted by Crippen LogP contribution is -2.57. The predicted molar refractivity (Wildman–Crippen MR) is 119 cm³/mol. The Labute approximate surface area is 184 Å². The van der Waals surface area contributed by atoms with Crippen LogP contribution in [0.5, 0.6) is 0 Å². The highest BCUT2D eigenvalue weighted by atomic mass is 19.1. The van der Waals surface area contributed by atoms with Crippen LogP contribution >= 0.6 is 0 Å². The molecule has 0 bridgehead atoms. The summed E-state index contributed by atoms with van der Waals surface area (Å²) in [6, 6.07) is 11.4. The minimum atomic E-state index is -0.816. The highest BCUT2D eigenvalue weighted by Crippen LogP contribution is 2.24. The fourth-order valence-electron chi connectivity index (χ4n) is 2.83. The molecule has 0 saturated heterocycles. The number of amides is 3. The number of nitrogens with zero attached hydrogens (tertiary/aromatic N) is 2. The van der Waals surface area contributed by atoms with Crippen LogP contribution in [0.15, 0.2) is 53.5 Å². The summed E-state index contributed by atoms with van der Waals surface area (Å²) in [5.74, 6) is -1.83. The van der Waals surface area contributed by atoms with Gasteiger partial charge in [-0.2, -0.15) is 0 Å². The SMILES string of the molecule is CC1N=C(C(=O)Nc2cc(F)ccc2NC(=O)OC(C)(C)C)NN(c2ccccc2)C1=O. The molecule has 0 spiro atoms. The average Bonchev–Trinajstić information content (AvgIpc) is 2.71. The number of carbonyl (C=O) groups is 3. The predicted octanol–water partition coefficient (Wildman–Crippen LogP) is 3.45. The number of ether oxygens (including phenoxy) is 1. The molecule has 0 radical (unpaired) electrons. The largest absolute Gasteiger partial charge is 0.444 e. The minimum Gasteiger partial charge on any atom is -0.444 e. The molecule has 3 amide bonds. The van der Waals surface area contributed by atoms with Crippen LogP contribution in [0, 0.1) is 5.82 Å². The standard InChI is InChI=1S/C22H24FN5O4/c1-13-20(30)28(15-8-6-5-7-9-15)27-18(24-13)19(29)25-17-12-14(23)10-11-16(17)26-21(31)32-22(2,3)4/h5-13H,1-4H3,(H,24,27)(H,25,29)(H,26,31). The van der Waals surface area contributed by atoms with Crippen molar-refractivity contribution >= 4 is 40.8 Å². The number of carbonyl (C=O) groups excluding carboxylic acids is 3. The molecule has 0 aromatic heterocycles. The molecule has 3 N–H and O–H groups in total. The number of hydrogen-bond donors (Lipinski definition) is 3. The number of nitrogens with one attached hydrogen (secondary N) is 3. The Hall–Kier alpha value is -3.95. The van der Waals surface area contributed by atoms with E-state index in [1.807, 2.05) is 0 Å². The number of aliphatic imine (C=N–C) groups is 1.